The topological polar surface area (TPSA) is 58.9 Å². The zero-order valence-corrected chi connectivity index (χ0v) is 8.10. The third kappa shape index (κ3) is 4.19. The Balaban J connectivity index is 4.90. The second kappa shape index (κ2) is 5.50. The van der Waals surface area contributed by atoms with E-state index in [0.717, 1.165) is 0 Å². The number of ether oxygens (including phenoxy) is 2. The van der Waals surface area contributed by atoms with E-state index in [1.807, 2.05) is 0 Å². The molecule has 0 amide bonds. The Hall–Kier alpha value is -0.720. The number of halogens is 8. The second-order valence-electron chi connectivity index (χ2n) is 2.74. The van der Waals surface area contributed by atoms with Crippen LogP contribution in [0.2, 0.25) is 0 Å². The maximum Gasteiger partial charge on any atom is 0.453 e. The van der Waals surface area contributed by atoms with Crippen LogP contribution in [0.4, 0.5) is 35.1 Å². The van der Waals surface area contributed by atoms with Crippen molar-refractivity contribution in [2.24, 2.45) is 0 Å². The van der Waals surface area contributed by atoms with Crippen molar-refractivity contribution in [3.8, 4) is 0 Å². The van der Waals surface area contributed by atoms with E-state index < -0.39 is 37.6 Å². The van der Waals surface area contributed by atoms with Gasteiger partial charge in [-0.05, 0) is 0 Å². The summed E-state index contributed by atoms with van der Waals surface area (Å²) in [5.74, 6) is 0. The molecule has 0 fully saturated rings. The Morgan fingerprint density at radius 2 is 1.39 bits per heavy atom. The molecular formula is C6H6F8O4. The van der Waals surface area contributed by atoms with Crippen LogP contribution in [0.3, 0.4) is 0 Å². The third-order valence-electron chi connectivity index (χ3n) is 1.30. The molecular weight excluding hydrogens is 288 g/mol. The number of alkyl halides is 8. The molecule has 12 heteroatoms. The molecule has 0 radical (unpaired) electrons. The van der Waals surface area contributed by atoms with Crippen LogP contribution in [-0.4, -0.2) is 47.9 Å². The van der Waals surface area contributed by atoms with Crippen molar-refractivity contribution in [2.75, 3.05) is 6.61 Å². The molecule has 110 valence electrons. The number of hydrogen-bond donors (Lipinski definition) is 2. The van der Waals surface area contributed by atoms with Crippen LogP contribution in [0.25, 0.3) is 0 Å². The highest BCUT2D eigenvalue weighted by atomic mass is 19.3. The summed E-state index contributed by atoms with van der Waals surface area (Å²) in [5, 5.41) is 15.6. The SMILES string of the molecule is OCC(F)OC(F)(F)C(F)(F)OC(F)(F)C(O)F. The molecule has 18 heavy (non-hydrogen) atoms. The second-order valence-corrected chi connectivity index (χ2v) is 2.74. The highest BCUT2D eigenvalue weighted by Crippen LogP contribution is 2.42. The fraction of sp³-hybridized carbons (Fsp3) is 1.00. The van der Waals surface area contributed by atoms with Gasteiger partial charge >= 0.3 is 18.3 Å². The molecule has 0 saturated heterocycles. The van der Waals surface area contributed by atoms with Crippen molar-refractivity contribution in [2.45, 2.75) is 31.0 Å². The van der Waals surface area contributed by atoms with Crippen LogP contribution in [0, 0.1) is 0 Å². The summed E-state index contributed by atoms with van der Waals surface area (Å²) >= 11 is 0. The van der Waals surface area contributed by atoms with Gasteiger partial charge in [0.1, 0.15) is 0 Å². The van der Waals surface area contributed by atoms with Gasteiger partial charge in [-0.2, -0.15) is 26.3 Å². The van der Waals surface area contributed by atoms with Crippen LogP contribution < -0.4 is 0 Å². The first kappa shape index (κ1) is 17.3. The number of aliphatic hydroxyl groups excluding tert-OH is 2. The minimum absolute atomic E-state index is 1.77. The van der Waals surface area contributed by atoms with Crippen molar-refractivity contribution in [1.82, 2.24) is 0 Å². The van der Waals surface area contributed by atoms with E-state index in [1.54, 1.807) is 0 Å². The summed E-state index contributed by atoms with van der Waals surface area (Å²) in [6.45, 7) is -1.77. The number of hydrogen-bond acceptors (Lipinski definition) is 4. The first-order valence-electron chi connectivity index (χ1n) is 3.94. The lowest BCUT2D eigenvalue weighted by Gasteiger charge is -2.29. The predicted octanol–water partition coefficient (Wildman–Crippen LogP) is 1.37. The summed E-state index contributed by atoms with van der Waals surface area (Å²) < 4.78 is 103. The monoisotopic (exact) mass is 294 g/mol. The van der Waals surface area contributed by atoms with Gasteiger partial charge in [0.05, 0.1) is 6.61 Å². The van der Waals surface area contributed by atoms with Gasteiger partial charge in [-0.15, -0.1) is 0 Å². The van der Waals surface area contributed by atoms with Gasteiger partial charge in [0, 0.05) is 0 Å². The Kier molecular flexibility index (Phi) is 5.28. The molecule has 0 saturated carbocycles. The van der Waals surface area contributed by atoms with Gasteiger partial charge in [-0.3, -0.25) is 4.74 Å². The molecule has 0 rings (SSSR count). The molecule has 2 unspecified atom stereocenters. The largest absolute Gasteiger partial charge is 0.453 e. The zero-order chi connectivity index (χ0) is 14.8. The normalized spacial score (nSPS) is 17.7. The van der Waals surface area contributed by atoms with Crippen molar-refractivity contribution in [1.29, 1.82) is 0 Å². The minimum atomic E-state index is -6.16. The van der Waals surface area contributed by atoms with Crippen LogP contribution in [0.1, 0.15) is 0 Å². The van der Waals surface area contributed by atoms with Crippen LogP contribution in [-0.2, 0) is 9.47 Å². The molecule has 2 atom stereocenters. The third-order valence-corrected chi connectivity index (χ3v) is 1.30. The van der Waals surface area contributed by atoms with Gasteiger partial charge in [0.15, 0.2) is 0 Å². The molecule has 4 nitrogen and oxygen atoms in total. The maximum atomic E-state index is 12.5. The lowest BCUT2D eigenvalue weighted by Crippen LogP contribution is -2.52. The number of rotatable bonds is 7. The summed E-state index contributed by atoms with van der Waals surface area (Å²) in [5.41, 5.74) is 0. The highest BCUT2D eigenvalue weighted by molar-refractivity contribution is 4.71. The van der Waals surface area contributed by atoms with Gasteiger partial charge in [0.25, 0.3) is 6.36 Å². The van der Waals surface area contributed by atoms with E-state index in [4.69, 9.17) is 10.2 Å². The van der Waals surface area contributed by atoms with Crippen molar-refractivity contribution in [3.05, 3.63) is 0 Å². The van der Waals surface area contributed by atoms with Crippen LogP contribution >= 0.6 is 0 Å². The fourth-order valence-electron chi connectivity index (χ4n) is 0.545. The number of aliphatic hydroxyl groups is 2. The van der Waals surface area contributed by atoms with E-state index in [9.17, 15) is 35.1 Å². The minimum Gasteiger partial charge on any atom is -0.391 e. The molecule has 0 aromatic rings. The van der Waals surface area contributed by atoms with Gasteiger partial charge in [0.2, 0.25) is 6.36 Å². The van der Waals surface area contributed by atoms with Crippen LogP contribution in [0.5, 0.6) is 0 Å². The summed E-state index contributed by atoms with van der Waals surface area (Å²) in [7, 11) is 0. The van der Waals surface area contributed by atoms with Crippen molar-refractivity contribution in [3.63, 3.8) is 0 Å². The quantitative estimate of drug-likeness (QED) is 0.696. The highest BCUT2D eigenvalue weighted by Gasteiger charge is 2.66. The average molecular weight is 294 g/mol. The van der Waals surface area contributed by atoms with E-state index in [2.05, 4.69) is 9.47 Å². The van der Waals surface area contributed by atoms with Crippen molar-refractivity contribution < 1.29 is 54.8 Å². The lowest BCUT2D eigenvalue weighted by molar-refractivity contribution is -0.504. The molecule has 2 N–H and O–H groups in total. The Morgan fingerprint density at radius 3 is 1.72 bits per heavy atom. The first-order chi connectivity index (χ1) is 7.85. The average Bonchev–Trinajstić information content (AvgIpc) is 2.14. The predicted molar refractivity (Wildman–Crippen MR) is 36.1 cm³/mol. The van der Waals surface area contributed by atoms with Gasteiger partial charge in [-0.25, -0.2) is 13.5 Å². The molecule has 0 aromatic carbocycles. The zero-order valence-electron chi connectivity index (χ0n) is 8.10. The summed E-state index contributed by atoms with van der Waals surface area (Å²) in [4.78, 5) is 0. The molecule has 0 aliphatic carbocycles. The fourth-order valence-corrected chi connectivity index (χ4v) is 0.545. The lowest BCUT2D eigenvalue weighted by atomic mass is 10.5. The molecule has 0 spiro atoms. The maximum absolute atomic E-state index is 12.5. The Labute approximate surface area is 93.7 Å². The molecule has 0 aliphatic rings. The Morgan fingerprint density at radius 1 is 0.944 bits per heavy atom. The van der Waals surface area contributed by atoms with Gasteiger partial charge in [-0.1, -0.05) is 0 Å². The van der Waals surface area contributed by atoms with Gasteiger partial charge < -0.3 is 10.2 Å². The molecule has 0 heterocycles. The van der Waals surface area contributed by atoms with Crippen molar-refractivity contribution >= 4 is 0 Å². The van der Waals surface area contributed by atoms with Crippen LogP contribution in [0.15, 0.2) is 0 Å². The van der Waals surface area contributed by atoms with E-state index in [0.29, 0.717) is 0 Å². The summed E-state index contributed by atoms with van der Waals surface area (Å²) in [6, 6.07) is 0. The van der Waals surface area contributed by atoms with E-state index >= 15 is 0 Å². The molecule has 0 aliphatic heterocycles. The first-order valence-corrected chi connectivity index (χ1v) is 3.94. The van der Waals surface area contributed by atoms with E-state index in [-0.39, 0.29) is 0 Å². The summed E-state index contributed by atoms with van der Waals surface area (Å²) in [6.07, 6.45) is -25.4. The molecule has 0 bridgehead atoms. The smallest absolute Gasteiger partial charge is 0.391 e. The Bertz CT molecular complexity index is 270. The standard InChI is InChI=1S/C6H6F8O4/c7-2(1-15)17-5(11,12)6(13,14)18-4(9,10)3(8)16/h2-3,15-16H,1H2. The molecule has 0 aromatic heterocycles. The van der Waals surface area contributed by atoms with E-state index in [1.165, 1.54) is 0 Å².